The summed E-state index contributed by atoms with van der Waals surface area (Å²) in [6.07, 6.45) is -3.35. The molecule has 1 aromatic heterocycles. The van der Waals surface area contributed by atoms with Crippen LogP contribution >= 0.6 is 0 Å². The summed E-state index contributed by atoms with van der Waals surface area (Å²) in [5, 5.41) is 2.95. The van der Waals surface area contributed by atoms with E-state index in [0.29, 0.717) is 6.20 Å². The monoisotopic (exact) mass is 288 g/mol. The van der Waals surface area contributed by atoms with Gasteiger partial charge in [0.2, 0.25) is 0 Å². The van der Waals surface area contributed by atoms with Gasteiger partial charge in [0.25, 0.3) is 0 Å². The maximum absolute atomic E-state index is 12.5. The Kier molecular flexibility index (Phi) is 6.19. The first-order valence-electron chi connectivity index (χ1n) is 4.01. The fraction of sp³-hybridized carbons (Fsp3) is 0.500. The van der Waals surface area contributed by atoms with Gasteiger partial charge in [0.05, 0.1) is 0 Å². The first kappa shape index (κ1) is 17.4. The Bertz CT molecular complexity index is 363. The molecule has 1 heterocycles. The van der Waals surface area contributed by atoms with Crippen molar-refractivity contribution in [2.75, 3.05) is 0 Å². The second-order valence-corrected chi connectivity index (χ2v) is 3.11. The molecule has 92 valence electrons. The molecule has 1 rings (SSSR count). The van der Waals surface area contributed by atoms with Crippen LogP contribution in [-0.2, 0) is 6.54 Å². The molecular formula is C6H5BF7KN2. The summed E-state index contributed by atoms with van der Waals surface area (Å²) in [5.74, 6) is -4.40. The van der Waals surface area contributed by atoms with Crippen molar-refractivity contribution in [3.63, 3.8) is 0 Å². The summed E-state index contributed by atoms with van der Waals surface area (Å²) in [5.41, 5.74) is -1.20. The largest absolute Gasteiger partial charge is 1.00 e. The van der Waals surface area contributed by atoms with Gasteiger partial charge in [-0.05, 0) is 6.20 Å². The molecule has 0 aliphatic carbocycles. The maximum atomic E-state index is 12.5. The molecule has 11 heteroatoms. The Morgan fingerprint density at radius 3 is 2.18 bits per heavy atom. The Labute approximate surface area is 134 Å². The number of aromatic nitrogens is 2. The van der Waals surface area contributed by atoms with E-state index in [1.807, 2.05) is 0 Å². The number of rotatable bonds is 4. The zero-order chi connectivity index (χ0) is 12.6. The van der Waals surface area contributed by atoms with Crippen molar-refractivity contribution in [2.24, 2.45) is 0 Å². The van der Waals surface area contributed by atoms with Crippen molar-refractivity contribution in [3.8, 4) is 0 Å². The molecule has 0 atom stereocenters. The average Bonchev–Trinajstić information content (AvgIpc) is 2.50. The summed E-state index contributed by atoms with van der Waals surface area (Å²) in [7, 11) is 0. The average molecular weight is 288 g/mol. The predicted molar refractivity (Wildman–Crippen MR) is 41.9 cm³/mol. The van der Waals surface area contributed by atoms with Crippen molar-refractivity contribution in [1.82, 2.24) is 9.78 Å². The van der Waals surface area contributed by atoms with E-state index < -0.39 is 31.3 Å². The summed E-state index contributed by atoms with van der Waals surface area (Å²) in [6, 6.07) is 0. The van der Waals surface area contributed by atoms with Gasteiger partial charge < -0.3 is 12.9 Å². The minimum Gasteiger partial charge on any atom is -0.445 e. The Balaban J connectivity index is 0.00000256. The molecule has 0 spiro atoms. The molecule has 0 N–H and O–H groups in total. The van der Waals surface area contributed by atoms with Crippen LogP contribution in [0.2, 0.25) is 0 Å². The van der Waals surface area contributed by atoms with Gasteiger partial charge in [0.15, 0.2) is 0 Å². The SMILES string of the molecule is FC(F)C(F)(F)Cn1cc([B-](F)(F)F)cn1.[K+]. The molecule has 0 aliphatic rings. The Hall–Kier alpha value is 0.421. The summed E-state index contributed by atoms with van der Waals surface area (Å²) >= 11 is 0. The third-order valence-electron chi connectivity index (χ3n) is 1.72. The van der Waals surface area contributed by atoms with Gasteiger partial charge in [-0.3, -0.25) is 4.68 Å². The van der Waals surface area contributed by atoms with Gasteiger partial charge in [0, 0.05) is 6.20 Å². The van der Waals surface area contributed by atoms with E-state index >= 15 is 0 Å². The van der Waals surface area contributed by atoms with Crippen LogP contribution < -0.4 is 56.8 Å². The van der Waals surface area contributed by atoms with Crippen molar-refractivity contribution in [2.45, 2.75) is 18.9 Å². The second-order valence-electron chi connectivity index (χ2n) is 3.11. The standard InChI is InChI=1S/C6H5BF7N2.K/c8-5(9)6(10,11)3-16-2-4(1-15-16)7(12,13)14;/h1-2,5H,3H2;/q-1;+1. The maximum Gasteiger partial charge on any atom is 1.00 e. The molecule has 0 radical (unpaired) electrons. The van der Waals surface area contributed by atoms with Crippen LogP contribution in [-0.4, -0.2) is 29.1 Å². The van der Waals surface area contributed by atoms with Crippen LogP contribution in [0, 0.1) is 0 Å². The van der Waals surface area contributed by atoms with Crippen molar-refractivity contribution in [1.29, 1.82) is 0 Å². The smallest absolute Gasteiger partial charge is 0.445 e. The molecule has 0 bridgehead atoms. The van der Waals surface area contributed by atoms with Crippen molar-refractivity contribution in [3.05, 3.63) is 12.4 Å². The minimum atomic E-state index is -5.36. The van der Waals surface area contributed by atoms with Gasteiger partial charge in [-0.1, -0.05) is 5.46 Å². The zero-order valence-corrected chi connectivity index (χ0v) is 11.7. The van der Waals surface area contributed by atoms with Crippen LogP contribution in [0.3, 0.4) is 0 Å². The molecule has 1 aromatic rings. The van der Waals surface area contributed by atoms with Crippen LogP contribution in [0.1, 0.15) is 0 Å². The van der Waals surface area contributed by atoms with Crippen LogP contribution in [0.4, 0.5) is 30.5 Å². The first-order chi connectivity index (χ1) is 7.13. The Morgan fingerprint density at radius 2 is 1.82 bits per heavy atom. The molecule has 0 fully saturated rings. The fourth-order valence-electron chi connectivity index (χ4n) is 0.920. The minimum absolute atomic E-state index is 0. The summed E-state index contributed by atoms with van der Waals surface area (Å²) < 4.78 is 84.7. The summed E-state index contributed by atoms with van der Waals surface area (Å²) in [4.78, 5) is 0. The normalized spacial score (nSPS) is 12.7. The number of hydrogen-bond acceptors (Lipinski definition) is 1. The van der Waals surface area contributed by atoms with E-state index in [1.54, 1.807) is 0 Å². The van der Waals surface area contributed by atoms with E-state index in [-0.39, 0.29) is 62.3 Å². The van der Waals surface area contributed by atoms with E-state index in [9.17, 15) is 30.5 Å². The van der Waals surface area contributed by atoms with E-state index in [4.69, 9.17) is 0 Å². The molecule has 0 saturated heterocycles. The number of nitrogens with zero attached hydrogens (tertiary/aromatic N) is 2. The van der Waals surface area contributed by atoms with Crippen LogP contribution in [0.5, 0.6) is 0 Å². The van der Waals surface area contributed by atoms with Gasteiger partial charge in [-0.25, -0.2) is 8.78 Å². The number of alkyl halides is 4. The van der Waals surface area contributed by atoms with Gasteiger partial charge in [0.1, 0.15) is 6.54 Å². The third-order valence-corrected chi connectivity index (χ3v) is 1.72. The second kappa shape index (κ2) is 6.04. The molecule has 0 aromatic carbocycles. The third kappa shape index (κ3) is 4.89. The molecule has 2 nitrogen and oxygen atoms in total. The quantitative estimate of drug-likeness (QED) is 0.505. The molecule has 0 saturated carbocycles. The van der Waals surface area contributed by atoms with Gasteiger partial charge >= 0.3 is 70.7 Å². The van der Waals surface area contributed by atoms with Crippen LogP contribution in [0.25, 0.3) is 0 Å². The van der Waals surface area contributed by atoms with Crippen LogP contribution in [0.15, 0.2) is 12.4 Å². The van der Waals surface area contributed by atoms with E-state index in [1.165, 1.54) is 0 Å². The molecule has 0 unspecified atom stereocenters. The van der Waals surface area contributed by atoms with Gasteiger partial charge in [-0.15, -0.1) is 0 Å². The number of halogens is 7. The molecular weight excluding hydrogens is 283 g/mol. The topological polar surface area (TPSA) is 17.8 Å². The first-order valence-corrected chi connectivity index (χ1v) is 4.01. The van der Waals surface area contributed by atoms with E-state index in [2.05, 4.69) is 5.10 Å². The molecule has 0 aliphatic heterocycles. The van der Waals surface area contributed by atoms with E-state index in [0.717, 1.165) is 0 Å². The predicted octanol–water partition coefficient (Wildman–Crippen LogP) is -1.16. The Morgan fingerprint density at radius 1 is 1.29 bits per heavy atom. The van der Waals surface area contributed by atoms with Crippen molar-refractivity contribution < 1.29 is 81.9 Å². The zero-order valence-electron chi connectivity index (χ0n) is 8.56. The van der Waals surface area contributed by atoms with Gasteiger partial charge in [-0.2, -0.15) is 13.9 Å². The fourth-order valence-corrected chi connectivity index (χ4v) is 0.920. The summed E-state index contributed by atoms with van der Waals surface area (Å²) in [6.45, 7) is -6.95. The molecule has 17 heavy (non-hydrogen) atoms. The number of hydrogen-bond donors (Lipinski definition) is 0. The molecule has 0 amide bonds. The van der Waals surface area contributed by atoms with Crippen molar-refractivity contribution >= 4 is 12.4 Å².